The van der Waals surface area contributed by atoms with E-state index in [1.54, 1.807) is 6.92 Å². The van der Waals surface area contributed by atoms with Gasteiger partial charge in [0, 0.05) is 7.05 Å². The lowest BCUT2D eigenvalue weighted by molar-refractivity contribution is -0.275. The molecule has 2 rings (SSSR count). The number of nitrogens with zero attached hydrogens (tertiary/aromatic N) is 3. The number of aryl methyl sites for hydroxylation is 2. The average Bonchev–Trinajstić information content (AvgIpc) is 2.64. The average molecular weight is 297 g/mol. The Morgan fingerprint density at radius 1 is 1.24 bits per heavy atom. The van der Waals surface area contributed by atoms with E-state index in [4.69, 9.17) is 10.00 Å². The first-order valence-electron chi connectivity index (χ1n) is 5.78. The first-order chi connectivity index (χ1) is 9.81. The van der Waals surface area contributed by atoms with Crippen LogP contribution in [0.4, 0.5) is 13.2 Å². The van der Waals surface area contributed by atoms with Crippen LogP contribution in [0.1, 0.15) is 11.3 Å². The van der Waals surface area contributed by atoms with Crippen molar-refractivity contribution in [2.75, 3.05) is 0 Å². The predicted molar refractivity (Wildman–Crippen MR) is 65.9 cm³/mol. The summed E-state index contributed by atoms with van der Waals surface area (Å²) in [5.41, 5.74) is 0.573. The highest BCUT2D eigenvalue weighted by Crippen LogP contribution is 2.36. The summed E-state index contributed by atoms with van der Waals surface area (Å²) in [5, 5.41) is 13.0. The highest BCUT2D eigenvalue weighted by atomic mass is 19.4. The Labute approximate surface area is 118 Å². The standard InChI is InChI=1S/C13H10F3N3O2/c1-8-9(7-17)12(19(2)18-8)20-10-5-3-4-6-11(10)21-13(14,15)16/h3-6H,1-2H3. The number of hydrogen-bond acceptors (Lipinski definition) is 4. The maximum Gasteiger partial charge on any atom is 0.573 e. The second-order valence-electron chi connectivity index (χ2n) is 4.10. The van der Waals surface area contributed by atoms with E-state index in [0.717, 1.165) is 6.07 Å². The Balaban J connectivity index is 2.39. The lowest BCUT2D eigenvalue weighted by atomic mass is 10.3. The molecule has 2 aromatic rings. The zero-order chi connectivity index (χ0) is 15.6. The molecule has 0 N–H and O–H groups in total. The van der Waals surface area contributed by atoms with Gasteiger partial charge in [-0.25, -0.2) is 4.68 Å². The molecule has 0 saturated heterocycles. The topological polar surface area (TPSA) is 60.1 Å². The number of para-hydroxylation sites is 2. The molecule has 0 spiro atoms. The van der Waals surface area contributed by atoms with Gasteiger partial charge in [-0.15, -0.1) is 13.2 Å². The Morgan fingerprint density at radius 2 is 1.86 bits per heavy atom. The van der Waals surface area contributed by atoms with Crippen LogP contribution in [-0.4, -0.2) is 16.1 Å². The molecule has 0 radical (unpaired) electrons. The molecule has 0 atom stereocenters. The normalized spacial score (nSPS) is 11.0. The summed E-state index contributed by atoms with van der Waals surface area (Å²) < 4.78 is 47.6. The Bertz CT molecular complexity index is 702. The van der Waals surface area contributed by atoms with Crippen molar-refractivity contribution in [1.82, 2.24) is 9.78 Å². The van der Waals surface area contributed by atoms with Crippen LogP contribution in [0.5, 0.6) is 17.4 Å². The molecule has 0 aliphatic carbocycles. The summed E-state index contributed by atoms with van der Waals surface area (Å²) in [5.74, 6) is -0.602. The summed E-state index contributed by atoms with van der Waals surface area (Å²) in [6, 6.07) is 7.21. The minimum atomic E-state index is -4.83. The smallest absolute Gasteiger partial charge is 0.434 e. The third-order valence-corrected chi connectivity index (χ3v) is 2.56. The van der Waals surface area contributed by atoms with E-state index < -0.39 is 12.1 Å². The molecular weight excluding hydrogens is 287 g/mol. The minimum absolute atomic E-state index is 0.0493. The van der Waals surface area contributed by atoms with Gasteiger partial charge in [-0.1, -0.05) is 12.1 Å². The number of rotatable bonds is 3. The van der Waals surface area contributed by atoms with Crippen LogP contribution in [0.25, 0.3) is 0 Å². The summed E-state index contributed by atoms with van der Waals surface area (Å²) in [6.45, 7) is 1.60. The van der Waals surface area contributed by atoms with Crippen molar-refractivity contribution in [1.29, 1.82) is 5.26 Å². The summed E-state index contributed by atoms with van der Waals surface area (Å²) in [6.07, 6.45) is -4.83. The van der Waals surface area contributed by atoms with Crippen molar-refractivity contribution in [3.8, 4) is 23.4 Å². The highest BCUT2D eigenvalue weighted by Gasteiger charge is 2.32. The molecular formula is C13H10F3N3O2. The highest BCUT2D eigenvalue weighted by molar-refractivity contribution is 5.47. The summed E-state index contributed by atoms with van der Waals surface area (Å²) in [4.78, 5) is 0. The molecule has 0 aliphatic rings. The number of hydrogen-bond donors (Lipinski definition) is 0. The lowest BCUT2D eigenvalue weighted by Crippen LogP contribution is -2.17. The Hall–Kier alpha value is -2.69. The van der Waals surface area contributed by atoms with E-state index in [-0.39, 0.29) is 17.2 Å². The maximum absolute atomic E-state index is 12.3. The van der Waals surface area contributed by atoms with Crippen LogP contribution in [0.3, 0.4) is 0 Å². The van der Waals surface area contributed by atoms with E-state index >= 15 is 0 Å². The fraction of sp³-hybridized carbons (Fsp3) is 0.231. The van der Waals surface area contributed by atoms with Crippen molar-refractivity contribution < 1.29 is 22.6 Å². The van der Waals surface area contributed by atoms with Crippen molar-refractivity contribution >= 4 is 0 Å². The number of halogens is 3. The fourth-order valence-corrected chi connectivity index (χ4v) is 1.73. The third-order valence-electron chi connectivity index (χ3n) is 2.56. The predicted octanol–water partition coefficient (Wildman–Crippen LogP) is 3.29. The minimum Gasteiger partial charge on any atom is -0.434 e. The molecule has 5 nitrogen and oxygen atoms in total. The van der Waals surface area contributed by atoms with Crippen molar-refractivity contribution in [3.05, 3.63) is 35.5 Å². The number of aromatic nitrogens is 2. The van der Waals surface area contributed by atoms with Crippen LogP contribution in [0.2, 0.25) is 0 Å². The molecule has 8 heteroatoms. The Kier molecular flexibility index (Phi) is 3.76. The molecule has 0 amide bonds. The van der Waals surface area contributed by atoms with Gasteiger partial charge in [0.15, 0.2) is 11.5 Å². The van der Waals surface area contributed by atoms with Crippen molar-refractivity contribution in [2.45, 2.75) is 13.3 Å². The van der Waals surface area contributed by atoms with E-state index in [1.807, 2.05) is 6.07 Å². The van der Waals surface area contributed by atoms with Gasteiger partial charge >= 0.3 is 6.36 Å². The molecule has 0 aliphatic heterocycles. The quantitative estimate of drug-likeness (QED) is 0.872. The van der Waals surface area contributed by atoms with E-state index in [2.05, 4.69) is 9.84 Å². The number of ether oxygens (including phenoxy) is 2. The molecule has 1 aromatic heterocycles. The zero-order valence-electron chi connectivity index (χ0n) is 11.1. The van der Waals surface area contributed by atoms with E-state index in [1.165, 1.54) is 29.9 Å². The first kappa shape index (κ1) is 14.7. The van der Waals surface area contributed by atoms with E-state index in [9.17, 15) is 13.2 Å². The second-order valence-corrected chi connectivity index (χ2v) is 4.10. The third kappa shape index (κ3) is 3.25. The largest absolute Gasteiger partial charge is 0.573 e. The van der Waals surface area contributed by atoms with Gasteiger partial charge in [0.05, 0.1) is 5.69 Å². The maximum atomic E-state index is 12.3. The molecule has 0 bridgehead atoms. The van der Waals surface area contributed by atoms with Gasteiger partial charge in [0.25, 0.3) is 0 Å². The summed E-state index contributed by atoms with van der Waals surface area (Å²) >= 11 is 0. The number of benzene rings is 1. The van der Waals surface area contributed by atoms with Crippen LogP contribution in [0.15, 0.2) is 24.3 Å². The Morgan fingerprint density at radius 3 is 2.43 bits per heavy atom. The van der Waals surface area contributed by atoms with Crippen LogP contribution < -0.4 is 9.47 Å². The van der Waals surface area contributed by atoms with Gasteiger partial charge in [0.1, 0.15) is 11.6 Å². The van der Waals surface area contributed by atoms with Gasteiger partial charge in [-0.3, -0.25) is 0 Å². The van der Waals surface area contributed by atoms with Crippen LogP contribution in [0, 0.1) is 18.3 Å². The van der Waals surface area contributed by atoms with Crippen LogP contribution >= 0.6 is 0 Å². The van der Waals surface area contributed by atoms with E-state index in [0.29, 0.717) is 5.69 Å². The molecule has 0 unspecified atom stereocenters. The molecule has 1 aromatic carbocycles. The van der Waals surface area contributed by atoms with Gasteiger partial charge < -0.3 is 9.47 Å². The summed E-state index contributed by atoms with van der Waals surface area (Å²) in [7, 11) is 1.52. The second kappa shape index (κ2) is 5.36. The fourth-order valence-electron chi connectivity index (χ4n) is 1.73. The molecule has 0 saturated carbocycles. The first-order valence-corrected chi connectivity index (χ1v) is 5.78. The van der Waals surface area contributed by atoms with Gasteiger partial charge in [-0.2, -0.15) is 10.4 Å². The molecule has 0 fully saturated rings. The van der Waals surface area contributed by atoms with Crippen LogP contribution in [-0.2, 0) is 7.05 Å². The lowest BCUT2D eigenvalue weighted by Gasteiger charge is -2.13. The van der Waals surface area contributed by atoms with Gasteiger partial charge in [-0.05, 0) is 19.1 Å². The monoisotopic (exact) mass is 297 g/mol. The zero-order valence-corrected chi connectivity index (χ0v) is 11.1. The molecule has 110 valence electrons. The van der Waals surface area contributed by atoms with Crippen molar-refractivity contribution in [2.24, 2.45) is 7.05 Å². The number of nitriles is 1. The number of alkyl halides is 3. The molecule has 1 heterocycles. The molecule has 21 heavy (non-hydrogen) atoms. The van der Waals surface area contributed by atoms with Crippen molar-refractivity contribution in [3.63, 3.8) is 0 Å². The van der Waals surface area contributed by atoms with Gasteiger partial charge in [0.2, 0.25) is 5.88 Å². The SMILES string of the molecule is Cc1nn(C)c(Oc2ccccc2OC(F)(F)F)c1C#N.